The van der Waals surface area contributed by atoms with Gasteiger partial charge in [0.25, 0.3) is 0 Å². The summed E-state index contributed by atoms with van der Waals surface area (Å²) < 4.78 is 11.8. The van der Waals surface area contributed by atoms with Crippen molar-refractivity contribution in [1.29, 1.82) is 0 Å². The van der Waals surface area contributed by atoms with Crippen molar-refractivity contribution >= 4 is 15.4 Å². The highest BCUT2D eigenvalue weighted by atomic mass is 32.2. The van der Waals surface area contributed by atoms with Gasteiger partial charge in [-0.25, -0.2) is 0 Å². The normalized spacial score (nSPS) is 25.9. The Morgan fingerprint density at radius 3 is 1.90 bits per heavy atom. The quantitative estimate of drug-likeness (QED) is 0.533. The Labute approximate surface area is 63.8 Å². The van der Waals surface area contributed by atoms with Crippen LogP contribution >= 0.6 is 0 Å². The lowest BCUT2D eigenvalue weighted by atomic mass is 10.3. The summed E-state index contributed by atoms with van der Waals surface area (Å²) >= 11 is 0. The van der Waals surface area contributed by atoms with Crippen molar-refractivity contribution in [3.05, 3.63) is 0 Å². The standard InChI is InChI=1S/C8H16OS/c1-8(2,3)10(4,9)7-5-6-7/h7H,4-6H2,1-3H3. The molecule has 1 saturated carbocycles. The maximum Gasteiger partial charge on any atom is 0.0302 e. The molecule has 1 aliphatic rings. The molecule has 0 spiro atoms. The summed E-state index contributed by atoms with van der Waals surface area (Å²) in [6, 6.07) is 0. The molecule has 1 aliphatic carbocycles. The molecular formula is C8H16OS. The van der Waals surface area contributed by atoms with E-state index in [-0.39, 0.29) is 4.75 Å². The Kier molecular flexibility index (Phi) is 1.63. The summed E-state index contributed by atoms with van der Waals surface area (Å²) in [6.45, 7) is 6.04. The molecular weight excluding hydrogens is 144 g/mol. The zero-order chi connectivity index (χ0) is 7.99. The maximum absolute atomic E-state index is 11.9. The molecule has 0 aromatic heterocycles. The lowest BCUT2D eigenvalue weighted by molar-refractivity contribution is 0.645. The first-order valence-corrected chi connectivity index (χ1v) is 5.50. The van der Waals surface area contributed by atoms with Crippen molar-refractivity contribution in [1.82, 2.24) is 0 Å². The molecule has 0 radical (unpaired) electrons. The molecule has 10 heavy (non-hydrogen) atoms. The molecule has 0 aromatic carbocycles. The van der Waals surface area contributed by atoms with Gasteiger partial charge in [-0.2, -0.15) is 0 Å². The SMILES string of the molecule is C=S(=O)(C1CC1)C(C)(C)C. The van der Waals surface area contributed by atoms with Gasteiger partial charge >= 0.3 is 0 Å². The molecule has 1 nitrogen and oxygen atoms in total. The second-order valence-corrected chi connectivity index (χ2v) is 7.38. The van der Waals surface area contributed by atoms with Crippen LogP contribution in [0.25, 0.3) is 0 Å². The molecule has 0 amide bonds. The average molecular weight is 160 g/mol. The molecule has 0 saturated heterocycles. The number of hydrogen-bond donors (Lipinski definition) is 0. The third kappa shape index (κ3) is 1.22. The van der Waals surface area contributed by atoms with E-state index in [1.807, 2.05) is 20.8 Å². The summed E-state index contributed by atoms with van der Waals surface area (Å²) in [7, 11) is -1.80. The van der Waals surface area contributed by atoms with Crippen molar-refractivity contribution in [3.63, 3.8) is 0 Å². The van der Waals surface area contributed by atoms with E-state index in [0.717, 1.165) is 12.8 Å². The first-order chi connectivity index (χ1) is 4.36. The van der Waals surface area contributed by atoms with E-state index >= 15 is 0 Å². The smallest absolute Gasteiger partial charge is 0.0302 e. The average Bonchev–Trinajstić information content (AvgIpc) is 2.38. The number of rotatable bonds is 1. The monoisotopic (exact) mass is 160 g/mol. The largest absolute Gasteiger partial charge is 0.267 e. The van der Waals surface area contributed by atoms with Gasteiger partial charge in [0.2, 0.25) is 0 Å². The van der Waals surface area contributed by atoms with Crippen molar-refractivity contribution in [2.75, 3.05) is 0 Å². The van der Waals surface area contributed by atoms with Crippen LogP contribution in [-0.2, 0) is 9.52 Å². The van der Waals surface area contributed by atoms with Crippen LogP contribution in [0.3, 0.4) is 0 Å². The first-order valence-electron chi connectivity index (χ1n) is 3.71. The highest BCUT2D eigenvalue weighted by Gasteiger charge is 2.37. The maximum atomic E-state index is 11.9. The second kappa shape index (κ2) is 2.00. The lowest BCUT2D eigenvalue weighted by Crippen LogP contribution is -2.30. The van der Waals surface area contributed by atoms with Gasteiger partial charge in [-0.05, 0) is 49.0 Å². The van der Waals surface area contributed by atoms with Gasteiger partial charge in [0.05, 0.1) is 0 Å². The molecule has 0 bridgehead atoms. The molecule has 0 aliphatic heterocycles. The van der Waals surface area contributed by atoms with E-state index in [4.69, 9.17) is 0 Å². The molecule has 1 fully saturated rings. The molecule has 0 aromatic rings. The predicted molar refractivity (Wildman–Crippen MR) is 48.0 cm³/mol. The van der Waals surface area contributed by atoms with Crippen LogP contribution in [0, 0.1) is 0 Å². The summed E-state index contributed by atoms with van der Waals surface area (Å²) in [5.41, 5.74) is 0. The third-order valence-electron chi connectivity index (χ3n) is 2.10. The van der Waals surface area contributed by atoms with Crippen LogP contribution in [0.5, 0.6) is 0 Å². The van der Waals surface area contributed by atoms with Crippen LogP contribution in [0.15, 0.2) is 0 Å². The van der Waals surface area contributed by atoms with Crippen LogP contribution < -0.4 is 0 Å². The van der Waals surface area contributed by atoms with E-state index in [1.165, 1.54) is 0 Å². The molecule has 0 heterocycles. The zero-order valence-electron chi connectivity index (χ0n) is 7.02. The van der Waals surface area contributed by atoms with E-state index < -0.39 is 9.52 Å². The van der Waals surface area contributed by atoms with E-state index in [0.29, 0.717) is 5.25 Å². The minimum absolute atomic E-state index is 0.103. The van der Waals surface area contributed by atoms with Gasteiger partial charge in [0, 0.05) is 10.00 Å². The first kappa shape index (κ1) is 8.12. The second-order valence-electron chi connectivity index (χ2n) is 4.04. The molecule has 2 heteroatoms. The van der Waals surface area contributed by atoms with Crippen LogP contribution in [-0.4, -0.2) is 20.1 Å². The van der Waals surface area contributed by atoms with Crippen LogP contribution in [0.2, 0.25) is 0 Å². The Morgan fingerprint density at radius 1 is 1.40 bits per heavy atom. The van der Waals surface area contributed by atoms with Gasteiger partial charge in [-0.1, -0.05) is 0 Å². The Balaban J connectivity index is 2.88. The third-order valence-corrected chi connectivity index (χ3v) is 5.72. The fraction of sp³-hybridized carbons (Fsp3) is 0.875. The summed E-state index contributed by atoms with van der Waals surface area (Å²) in [4.78, 5) is 0. The van der Waals surface area contributed by atoms with Gasteiger partial charge in [0.15, 0.2) is 0 Å². The highest BCUT2D eigenvalue weighted by Crippen LogP contribution is 2.35. The zero-order valence-corrected chi connectivity index (χ0v) is 7.83. The molecule has 0 N–H and O–H groups in total. The topological polar surface area (TPSA) is 17.1 Å². The summed E-state index contributed by atoms with van der Waals surface area (Å²) in [5, 5.41) is 0.424. The van der Waals surface area contributed by atoms with Crippen molar-refractivity contribution in [2.24, 2.45) is 0 Å². The Morgan fingerprint density at radius 2 is 1.80 bits per heavy atom. The van der Waals surface area contributed by atoms with E-state index in [1.54, 1.807) is 0 Å². The van der Waals surface area contributed by atoms with Gasteiger partial charge in [0.1, 0.15) is 0 Å². The van der Waals surface area contributed by atoms with E-state index in [9.17, 15) is 4.21 Å². The van der Waals surface area contributed by atoms with Gasteiger partial charge in [-0.3, -0.25) is 4.21 Å². The summed E-state index contributed by atoms with van der Waals surface area (Å²) in [5.74, 6) is 3.83. The fourth-order valence-corrected chi connectivity index (χ4v) is 2.85. The van der Waals surface area contributed by atoms with Crippen LogP contribution in [0.4, 0.5) is 0 Å². The molecule has 60 valence electrons. The molecule has 1 rings (SSSR count). The predicted octanol–water partition coefficient (Wildman–Crippen LogP) is 1.66. The Hall–Kier alpha value is 0.0200. The Bertz CT molecular complexity index is 214. The lowest BCUT2D eigenvalue weighted by Gasteiger charge is -2.23. The highest BCUT2D eigenvalue weighted by molar-refractivity contribution is 8.02. The van der Waals surface area contributed by atoms with Gasteiger partial charge in [-0.15, -0.1) is 0 Å². The van der Waals surface area contributed by atoms with Gasteiger partial charge < -0.3 is 0 Å². The van der Waals surface area contributed by atoms with Crippen molar-refractivity contribution in [3.8, 4) is 0 Å². The van der Waals surface area contributed by atoms with E-state index in [2.05, 4.69) is 5.87 Å². The van der Waals surface area contributed by atoms with Crippen molar-refractivity contribution in [2.45, 2.75) is 43.6 Å². The minimum Gasteiger partial charge on any atom is -0.267 e. The molecule has 1 atom stereocenters. The minimum atomic E-state index is -1.80. The van der Waals surface area contributed by atoms with Crippen molar-refractivity contribution < 1.29 is 4.21 Å². The summed E-state index contributed by atoms with van der Waals surface area (Å²) in [6.07, 6.45) is 2.25. The van der Waals surface area contributed by atoms with Crippen LogP contribution in [0.1, 0.15) is 33.6 Å². The fourth-order valence-electron chi connectivity index (χ4n) is 0.949. The number of hydrogen-bond acceptors (Lipinski definition) is 1. The molecule has 1 unspecified atom stereocenters.